The van der Waals surface area contributed by atoms with Crippen LogP contribution in [0.1, 0.15) is 19.3 Å². The van der Waals surface area contributed by atoms with E-state index in [9.17, 15) is 14.4 Å². The highest BCUT2D eigenvalue weighted by atomic mass is 16.2. The minimum Gasteiger partial charge on any atom is -0.351 e. The molecule has 0 aromatic rings. The van der Waals surface area contributed by atoms with Crippen LogP contribution in [0.3, 0.4) is 0 Å². The number of nitrogens with zero attached hydrogens (tertiary/aromatic N) is 1. The van der Waals surface area contributed by atoms with Crippen molar-refractivity contribution in [2.24, 2.45) is 22.2 Å². The van der Waals surface area contributed by atoms with Gasteiger partial charge in [-0.2, -0.15) is 0 Å². The maximum atomic E-state index is 11.7. The molecule has 1 heterocycles. The summed E-state index contributed by atoms with van der Waals surface area (Å²) in [6.07, 6.45) is 1.50. The van der Waals surface area contributed by atoms with E-state index in [-0.39, 0.29) is 30.9 Å². The van der Waals surface area contributed by atoms with Crippen molar-refractivity contribution >= 4 is 23.8 Å². The fourth-order valence-corrected chi connectivity index (χ4v) is 1.78. The zero-order chi connectivity index (χ0) is 15.8. The van der Waals surface area contributed by atoms with Gasteiger partial charge in [0.15, 0.2) is 0 Å². The lowest BCUT2D eigenvalue weighted by Crippen LogP contribution is -2.58. The average Bonchev–Trinajstić information content (AvgIpc) is 2.39. The second-order valence-electron chi connectivity index (χ2n) is 4.68. The molecule has 0 fully saturated rings. The van der Waals surface area contributed by atoms with Crippen LogP contribution in [-0.2, 0) is 9.59 Å². The fourth-order valence-electron chi connectivity index (χ4n) is 1.78. The largest absolute Gasteiger partial charge is 0.351 e. The van der Waals surface area contributed by atoms with Crippen molar-refractivity contribution in [1.82, 2.24) is 16.0 Å². The molecule has 1 unspecified atom stereocenters. The third-order valence-electron chi connectivity index (χ3n) is 2.79. The zero-order valence-electron chi connectivity index (χ0n) is 11.6. The number of aliphatic imine (C=N–C) groups is 1. The van der Waals surface area contributed by atoms with E-state index in [4.69, 9.17) is 17.2 Å². The molecule has 0 aliphatic carbocycles. The zero-order valence-corrected chi connectivity index (χ0v) is 11.6. The molecule has 9 N–H and O–H groups in total. The number of nitrogens with one attached hydrogen (secondary N) is 3. The van der Waals surface area contributed by atoms with Gasteiger partial charge in [-0.15, -0.1) is 0 Å². The maximum Gasteiger partial charge on any atom is 0.318 e. The lowest BCUT2D eigenvalue weighted by Gasteiger charge is -2.22. The van der Waals surface area contributed by atoms with Crippen LogP contribution >= 0.6 is 0 Å². The first-order chi connectivity index (χ1) is 9.92. The number of hydrogen-bond acceptors (Lipinski definition) is 6. The Bertz CT molecular complexity index is 438. The van der Waals surface area contributed by atoms with E-state index in [1.165, 1.54) is 0 Å². The Balaban J connectivity index is 2.41. The molecule has 10 nitrogen and oxygen atoms in total. The first-order valence-corrected chi connectivity index (χ1v) is 6.59. The van der Waals surface area contributed by atoms with E-state index in [1.807, 2.05) is 0 Å². The molecule has 0 saturated carbocycles. The summed E-state index contributed by atoms with van der Waals surface area (Å²) in [7, 11) is 0. The highest BCUT2D eigenvalue weighted by Crippen LogP contribution is 2.00. The number of nitrogens with two attached hydrogens (primary N) is 3. The van der Waals surface area contributed by atoms with E-state index >= 15 is 0 Å². The quantitative estimate of drug-likeness (QED) is 0.307. The number of carbonyl (C=O) groups excluding carboxylic acids is 3. The molecule has 0 aromatic carbocycles. The van der Waals surface area contributed by atoms with Gasteiger partial charge in [0.1, 0.15) is 6.04 Å². The van der Waals surface area contributed by atoms with Gasteiger partial charge < -0.3 is 22.5 Å². The molecule has 1 aliphatic rings. The van der Waals surface area contributed by atoms with Gasteiger partial charge in [0.05, 0.1) is 6.54 Å². The monoisotopic (exact) mass is 299 g/mol. The Labute approximate surface area is 121 Å². The van der Waals surface area contributed by atoms with Gasteiger partial charge in [0.2, 0.25) is 11.9 Å². The lowest BCUT2D eigenvalue weighted by atomic mass is 10.1. The molecule has 0 saturated heterocycles. The lowest BCUT2D eigenvalue weighted by molar-refractivity contribution is -0.128. The van der Waals surface area contributed by atoms with E-state index in [2.05, 4.69) is 20.9 Å². The minimum absolute atomic E-state index is 0.0191. The van der Waals surface area contributed by atoms with E-state index in [0.29, 0.717) is 13.0 Å². The van der Waals surface area contributed by atoms with Crippen LogP contribution < -0.4 is 33.2 Å². The first-order valence-electron chi connectivity index (χ1n) is 6.59. The third kappa shape index (κ3) is 6.19. The summed E-state index contributed by atoms with van der Waals surface area (Å²) in [5.41, 5.74) is 16.0. The Morgan fingerprint density at radius 3 is 2.76 bits per heavy atom. The van der Waals surface area contributed by atoms with Crippen LogP contribution in [0.5, 0.6) is 0 Å². The van der Waals surface area contributed by atoms with Crippen molar-refractivity contribution in [3.05, 3.63) is 0 Å². The molecule has 4 amide bonds. The van der Waals surface area contributed by atoms with Crippen LogP contribution in [0.4, 0.5) is 4.79 Å². The van der Waals surface area contributed by atoms with Crippen molar-refractivity contribution < 1.29 is 14.4 Å². The molecule has 1 aliphatic heterocycles. The van der Waals surface area contributed by atoms with Crippen LogP contribution in [-0.4, -0.2) is 49.0 Å². The topological polar surface area (TPSA) is 178 Å². The van der Waals surface area contributed by atoms with E-state index in [1.54, 1.807) is 0 Å². The fraction of sp³-hybridized carbons (Fsp3) is 0.636. The van der Waals surface area contributed by atoms with Gasteiger partial charge >= 0.3 is 6.03 Å². The van der Waals surface area contributed by atoms with E-state index < -0.39 is 18.0 Å². The van der Waals surface area contributed by atoms with Crippen molar-refractivity contribution in [2.75, 3.05) is 13.1 Å². The van der Waals surface area contributed by atoms with Crippen LogP contribution in [0, 0.1) is 0 Å². The number of amides is 4. The van der Waals surface area contributed by atoms with Gasteiger partial charge in [-0.1, -0.05) is 0 Å². The molecule has 0 bridgehead atoms. The number of urea groups is 1. The van der Waals surface area contributed by atoms with Crippen LogP contribution in [0.15, 0.2) is 4.99 Å². The summed E-state index contributed by atoms with van der Waals surface area (Å²) in [6.45, 7) is 0.538. The van der Waals surface area contributed by atoms with Gasteiger partial charge in [0, 0.05) is 12.5 Å². The highest BCUT2D eigenvalue weighted by Gasteiger charge is 2.26. The SMILES string of the molecule is NCCC[C@@H](N)CC(=O)NC1CN=C(NC(N)=O)NC1=O. The van der Waals surface area contributed by atoms with Gasteiger partial charge in [-0.3, -0.25) is 20.2 Å². The minimum atomic E-state index is -0.831. The molecule has 21 heavy (non-hydrogen) atoms. The molecular weight excluding hydrogens is 278 g/mol. The number of guanidine groups is 1. The molecule has 0 aromatic heterocycles. The summed E-state index contributed by atoms with van der Waals surface area (Å²) in [5, 5.41) is 7.02. The summed E-state index contributed by atoms with van der Waals surface area (Å²) >= 11 is 0. The Morgan fingerprint density at radius 1 is 1.48 bits per heavy atom. The first kappa shape index (κ1) is 16.9. The summed E-state index contributed by atoms with van der Waals surface area (Å²) in [4.78, 5) is 38.0. The summed E-state index contributed by atoms with van der Waals surface area (Å²) in [5.74, 6) is -0.837. The smallest absolute Gasteiger partial charge is 0.318 e. The van der Waals surface area contributed by atoms with E-state index in [0.717, 1.165) is 6.42 Å². The summed E-state index contributed by atoms with van der Waals surface area (Å²) in [6, 6.07) is -1.92. The standard InChI is InChI=1S/C11H21N7O3/c12-3-1-2-6(13)4-8(19)16-7-5-15-11(17-9(7)20)18-10(14)21/h6-7H,1-5,12-13H2,(H,16,19)(H4,14,15,17,18,20,21)/t6-,7?/m1/s1. The molecule has 1 rings (SSSR count). The Kier molecular flexibility index (Phi) is 6.56. The van der Waals surface area contributed by atoms with Crippen molar-refractivity contribution in [1.29, 1.82) is 0 Å². The van der Waals surface area contributed by atoms with Crippen LogP contribution in [0.2, 0.25) is 0 Å². The molecule has 0 spiro atoms. The molecule has 118 valence electrons. The van der Waals surface area contributed by atoms with Crippen molar-refractivity contribution in [2.45, 2.75) is 31.3 Å². The second-order valence-corrected chi connectivity index (χ2v) is 4.68. The van der Waals surface area contributed by atoms with Gasteiger partial charge in [0.25, 0.3) is 5.91 Å². The molecule has 10 heteroatoms. The number of carbonyl (C=O) groups is 3. The van der Waals surface area contributed by atoms with Crippen LogP contribution in [0.25, 0.3) is 0 Å². The molecule has 2 atom stereocenters. The van der Waals surface area contributed by atoms with Gasteiger partial charge in [-0.05, 0) is 19.4 Å². The predicted octanol–water partition coefficient (Wildman–Crippen LogP) is -2.92. The predicted molar refractivity (Wildman–Crippen MR) is 76.0 cm³/mol. The number of hydrogen-bond donors (Lipinski definition) is 6. The summed E-state index contributed by atoms with van der Waals surface area (Å²) < 4.78 is 0. The van der Waals surface area contributed by atoms with Gasteiger partial charge in [-0.25, -0.2) is 9.79 Å². The molecule has 0 radical (unpaired) electrons. The normalized spacial score (nSPS) is 19.2. The second kappa shape index (κ2) is 8.17. The molecular formula is C11H21N7O3. The van der Waals surface area contributed by atoms with Crippen molar-refractivity contribution in [3.63, 3.8) is 0 Å². The Morgan fingerprint density at radius 2 is 2.19 bits per heavy atom. The third-order valence-corrected chi connectivity index (χ3v) is 2.79. The average molecular weight is 299 g/mol. The van der Waals surface area contributed by atoms with Crippen molar-refractivity contribution in [3.8, 4) is 0 Å². The number of primary amides is 1. The number of rotatable bonds is 6. The Hall–Kier alpha value is -2.20. The maximum absolute atomic E-state index is 11.7. The highest BCUT2D eigenvalue weighted by molar-refractivity contribution is 6.07.